The van der Waals surface area contributed by atoms with E-state index >= 15 is 0 Å². The molecule has 1 saturated heterocycles. The van der Waals surface area contributed by atoms with Gasteiger partial charge in [-0.25, -0.2) is 8.78 Å². The minimum Gasteiger partial charge on any atom is -0.379 e. The van der Waals surface area contributed by atoms with E-state index in [0.717, 1.165) is 18.6 Å². The van der Waals surface area contributed by atoms with E-state index in [0.29, 0.717) is 18.8 Å². The monoisotopic (exact) mass is 243 g/mol. The van der Waals surface area contributed by atoms with Crippen LogP contribution in [-0.2, 0) is 9.47 Å². The molecular weight excluding hydrogens is 228 g/mol. The quantitative estimate of drug-likeness (QED) is 0.876. The maximum absolute atomic E-state index is 13.0. The summed E-state index contributed by atoms with van der Waals surface area (Å²) in [7, 11) is 0. The number of benzene rings is 1. The molecule has 1 aliphatic rings. The summed E-state index contributed by atoms with van der Waals surface area (Å²) in [5.74, 6) is -1.76. The van der Waals surface area contributed by atoms with Gasteiger partial charge in [-0.05, 0) is 24.1 Å². The van der Waals surface area contributed by atoms with Gasteiger partial charge in [0.05, 0.1) is 25.4 Å². The predicted octanol–water partition coefficient (Wildman–Crippen LogP) is 1.77. The molecule has 0 amide bonds. The van der Waals surface area contributed by atoms with Crippen LogP contribution in [0.4, 0.5) is 8.78 Å². The molecule has 2 N–H and O–H groups in total. The van der Waals surface area contributed by atoms with Gasteiger partial charge in [0, 0.05) is 6.61 Å². The van der Waals surface area contributed by atoms with Crippen LogP contribution in [0.5, 0.6) is 0 Å². The van der Waals surface area contributed by atoms with Crippen LogP contribution < -0.4 is 5.73 Å². The molecule has 0 aliphatic carbocycles. The zero-order valence-electron chi connectivity index (χ0n) is 9.36. The molecule has 2 atom stereocenters. The molecule has 94 valence electrons. The van der Waals surface area contributed by atoms with Crippen LogP contribution in [0, 0.1) is 11.6 Å². The maximum Gasteiger partial charge on any atom is 0.159 e. The van der Waals surface area contributed by atoms with Crippen LogP contribution in [0.3, 0.4) is 0 Å². The van der Waals surface area contributed by atoms with Gasteiger partial charge < -0.3 is 15.2 Å². The van der Waals surface area contributed by atoms with E-state index in [4.69, 9.17) is 15.2 Å². The largest absolute Gasteiger partial charge is 0.379 e. The van der Waals surface area contributed by atoms with Crippen molar-refractivity contribution in [3.63, 3.8) is 0 Å². The number of nitrogens with two attached hydrogens (primary N) is 1. The number of rotatable bonds is 4. The first-order chi connectivity index (χ1) is 8.16. The SMILES string of the molecule is NC(COC1CCOC1)c1ccc(F)c(F)c1. The summed E-state index contributed by atoms with van der Waals surface area (Å²) in [5, 5.41) is 0. The highest BCUT2D eigenvalue weighted by molar-refractivity contribution is 5.20. The standard InChI is InChI=1S/C12H15F2NO2/c13-10-2-1-8(5-11(10)14)12(15)7-17-9-3-4-16-6-9/h1-2,5,9,12H,3-4,6-7,15H2. The van der Waals surface area contributed by atoms with Crippen LogP contribution in [0.25, 0.3) is 0 Å². The Labute approximate surface area is 98.5 Å². The number of ether oxygens (including phenoxy) is 2. The first kappa shape index (κ1) is 12.4. The third-order valence-corrected chi connectivity index (χ3v) is 2.77. The van der Waals surface area contributed by atoms with Crippen molar-refractivity contribution < 1.29 is 18.3 Å². The zero-order valence-corrected chi connectivity index (χ0v) is 9.36. The first-order valence-corrected chi connectivity index (χ1v) is 5.56. The van der Waals surface area contributed by atoms with Gasteiger partial charge in [-0.2, -0.15) is 0 Å². The van der Waals surface area contributed by atoms with E-state index < -0.39 is 17.7 Å². The molecule has 0 bridgehead atoms. The lowest BCUT2D eigenvalue weighted by Crippen LogP contribution is -2.22. The highest BCUT2D eigenvalue weighted by Crippen LogP contribution is 2.16. The fourth-order valence-corrected chi connectivity index (χ4v) is 1.72. The molecule has 2 rings (SSSR count). The summed E-state index contributed by atoms with van der Waals surface area (Å²) in [6.45, 7) is 1.55. The Morgan fingerprint density at radius 1 is 1.41 bits per heavy atom. The normalized spacial score (nSPS) is 21.7. The van der Waals surface area contributed by atoms with Crippen molar-refractivity contribution in [2.45, 2.75) is 18.6 Å². The molecule has 1 aliphatic heterocycles. The molecule has 0 saturated carbocycles. The fourth-order valence-electron chi connectivity index (χ4n) is 1.72. The molecule has 0 aromatic heterocycles. The Morgan fingerprint density at radius 3 is 2.88 bits per heavy atom. The molecule has 17 heavy (non-hydrogen) atoms. The summed E-state index contributed by atoms with van der Waals surface area (Å²) in [4.78, 5) is 0. The van der Waals surface area contributed by atoms with Crippen LogP contribution in [-0.4, -0.2) is 25.9 Å². The molecule has 1 fully saturated rings. The Hall–Kier alpha value is -1.04. The van der Waals surface area contributed by atoms with Gasteiger partial charge in [0.25, 0.3) is 0 Å². The minimum absolute atomic E-state index is 0.0614. The second-order valence-corrected chi connectivity index (χ2v) is 4.10. The summed E-state index contributed by atoms with van der Waals surface area (Å²) >= 11 is 0. The van der Waals surface area contributed by atoms with Crippen molar-refractivity contribution in [2.24, 2.45) is 5.73 Å². The summed E-state index contributed by atoms with van der Waals surface area (Å²) in [6, 6.07) is 3.20. The average Bonchev–Trinajstić information content (AvgIpc) is 2.82. The van der Waals surface area contributed by atoms with Crippen molar-refractivity contribution in [3.8, 4) is 0 Å². The van der Waals surface area contributed by atoms with E-state index in [1.54, 1.807) is 0 Å². The van der Waals surface area contributed by atoms with E-state index in [-0.39, 0.29) is 12.7 Å². The van der Waals surface area contributed by atoms with Crippen molar-refractivity contribution in [1.29, 1.82) is 0 Å². The molecule has 0 radical (unpaired) electrons. The molecule has 1 aromatic carbocycles. The third-order valence-electron chi connectivity index (χ3n) is 2.77. The smallest absolute Gasteiger partial charge is 0.159 e. The van der Waals surface area contributed by atoms with E-state index in [1.165, 1.54) is 6.07 Å². The van der Waals surface area contributed by atoms with Gasteiger partial charge in [0.2, 0.25) is 0 Å². The number of halogens is 2. The van der Waals surface area contributed by atoms with E-state index in [2.05, 4.69) is 0 Å². The van der Waals surface area contributed by atoms with Crippen LogP contribution in [0.1, 0.15) is 18.0 Å². The second kappa shape index (κ2) is 5.53. The molecule has 1 heterocycles. The van der Waals surface area contributed by atoms with Crippen molar-refractivity contribution in [2.75, 3.05) is 19.8 Å². The van der Waals surface area contributed by atoms with Gasteiger partial charge in [-0.3, -0.25) is 0 Å². The summed E-state index contributed by atoms with van der Waals surface area (Å²) in [5.41, 5.74) is 6.37. The molecule has 5 heteroatoms. The maximum atomic E-state index is 13.0. The van der Waals surface area contributed by atoms with Gasteiger partial charge >= 0.3 is 0 Å². The van der Waals surface area contributed by atoms with E-state index in [1.807, 2.05) is 0 Å². The van der Waals surface area contributed by atoms with Crippen LogP contribution >= 0.6 is 0 Å². The first-order valence-electron chi connectivity index (χ1n) is 5.56. The third kappa shape index (κ3) is 3.21. The van der Waals surface area contributed by atoms with E-state index in [9.17, 15) is 8.78 Å². The van der Waals surface area contributed by atoms with Gasteiger partial charge in [-0.1, -0.05) is 6.07 Å². The van der Waals surface area contributed by atoms with Crippen LogP contribution in [0.2, 0.25) is 0 Å². The lowest BCUT2D eigenvalue weighted by molar-refractivity contribution is 0.0349. The second-order valence-electron chi connectivity index (χ2n) is 4.10. The Morgan fingerprint density at radius 2 is 2.24 bits per heavy atom. The topological polar surface area (TPSA) is 44.5 Å². The highest BCUT2D eigenvalue weighted by Gasteiger charge is 2.18. The van der Waals surface area contributed by atoms with Crippen LogP contribution in [0.15, 0.2) is 18.2 Å². The summed E-state index contributed by atoms with van der Waals surface area (Å²) < 4.78 is 36.4. The predicted molar refractivity (Wildman–Crippen MR) is 58.5 cm³/mol. The Bertz CT molecular complexity index is 381. The fraction of sp³-hybridized carbons (Fsp3) is 0.500. The summed E-state index contributed by atoms with van der Waals surface area (Å²) in [6.07, 6.45) is 0.913. The zero-order chi connectivity index (χ0) is 12.3. The average molecular weight is 243 g/mol. The van der Waals surface area contributed by atoms with Gasteiger partial charge in [0.15, 0.2) is 11.6 Å². The van der Waals surface area contributed by atoms with Crippen molar-refractivity contribution >= 4 is 0 Å². The molecule has 2 unspecified atom stereocenters. The van der Waals surface area contributed by atoms with Crippen molar-refractivity contribution in [3.05, 3.63) is 35.4 Å². The molecular formula is C12H15F2NO2. The van der Waals surface area contributed by atoms with Gasteiger partial charge in [-0.15, -0.1) is 0 Å². The van der Waals surface area contributed by atoms with Crippen molar-refractivity contribution in [1.82, 2.24) is 0 Å². The van der Waals surface area contributed by atoms with Gasteiger partial charge in [0.1, 0.15) is 0 Å². The lowest BCUT2D eigenvalue weighted by atomic mass is 10.1. The lowest BCUT2D eigenvalue weighted by Gasteiger charge is -2.15. The minimum atomic E-state index is -0.887. The Balaban J connectivity index is 1.89. The number of hydrogen-bond acceptors (Lipinski definition) is 3. The highest BCUT2D eigenvalue weighted by atomic mass is 19.2. The molecule has 1 aromatic rings. The molecule has 0 spiro atoms. The molecule has 3 nitrogen and oxygen atoms in total. The number of hydrogen-bond donors (Lipinski definition) is 1. The Kier molecular flexibility index (Phi) is 4.04.